The molecule has 2 rings (SSSR count). The van der Waals surface area contributed by atoms with Crippen LogP contribution in [0.4, 0.5) is 5.00 Å². The van der Waals surface area contributed by atoms with Gasteiger partial charge >= 0.3 is 5.00 Å². The summed E-state index contributed by atoms with van der Waals surface area (Å²) in [7, 11) is 0. The fourth-order valence-electron chi connectivity index (χ4n) is 1.30. The molecule has 0 unspecified atom stereocenters. The fourth-order valence-corrected chi connectivity index (χ4v) is 3.17. The van der Waals surface area contributed by atoms with Crippen molar-refractivity contribution in [2.24, 2.45) is 0 Å². The Bertz CT molecular complexity index is 653. The van der Waals surface area contributed by atoms with Gasteiger partial charge in [-0.1, -0.05) is 29.0 Å². The van der Waals surface area contributed by atoms with E-state index >= 15 is 0 Å². The van der Waals surface area contributed by atoms with Gasteiger partial charge in [0, 0.05) is 10.9 Å². The van der Waals surface area contributed by atoms with E-state index in [2.05, 4.69) is 0 Å². The third kappa shape index (κ3) is 2.43. The van der Waals surface area contributed by atoms with E-state index in [-0.39, 0.29) is 10.0 Å². The molecule has 2 aromatic rings. The molecule has 0 spiro atoms. The fraction of sp³-hybridized carbons (Fsp3) is 0. The van der Waals surface area contributed by atoms with Gasteiger partial charge in [0.15, 0.2) is 0 Å². The second-order valence-corrected chi connectivity index (χ2v) is 5.56. The Morgan fingerprint density at radius 3 is 2.67 bits per heavy atom. The molecular weight excluding hydrogens is 292 g/mol. The molecule has 0 fully saturated rings. The lowest BCUT2D eigenvalue weighted by molar-refractivity contribution is -0.380. The van der Waals surface area contributed by atoms with Gasteiger partial charge in [0.1, 0.15) is 6.07 Å². The molecule has 90 valence electrons. The first-order valence-electron chi connectivity index (χ1n) is 4.72. The van der Waals surface area contributed by atoms with Gasteiger partial charge in [-0.05, 0) is 17.5 Å². The highest BCUT2D eigenvalue weighted by Gasteiger charge is 2.16. The predicted octanol–water partition coefficient (Wildman–Crippen LogP) is 4.35. The van der Waals surface area contributed by atoms with Crippen LogP contribution in [0.3, 0.4) is 0 Å². The van der Waals surface area contributed by atoms with Gasteiger partial charge in [0.25, 0.3) is 0 Å². The largest absolute Gasteiger partial charge is 0.324 e. The Morgan fingerprint density at radius 2 is 2.17 bits per heavy atom. The lowest BCUT2D eigenvalue weighted by atomic mass is 10.2. The van der Waals surface area contributed by atoms with Crippen molar-refractivity contribution in [3.63, 3.8) is 0 Å². The minimum atomic E-state index is -0.477. The summed E-state index contributed by atoms with van der Waals surface area (Å²) in [6, 6.07) is 8.57. The quantitative estimate of drug-likeness (QED) is 0.480. The number of halogens is 1. The zero-order valence-corrected chi connectivity index (χ0v) is 11.2. The van der Waals surface area contributed by atoms with Crippen LogP contribution in [0, 0.1) is 21.4 Å². The molecule has 4 nitrogen and oxygen atoms in total. The van der Waals surface area contributed by atoms with Crippen molar-refractivity contribution >= 4 is 49.9 Å². The lowest BCUT2D eigenvalue weighted by Crippen LogP contribution is -1.81. The summed E-state index contributed by atoms with van der Waals surface area (Å²) in [5.74, 6) is 0. The highest BCUT2D eigenvalue weighted by atomic mass is 35.5. The summed E-state index contributed by atoms with van der Waals surface area (Å²) in [6.45, 7) is 0. The number of hydrogen-bond acceptors (Lipinski definition) is 5. The molecule has 0 bridgehead atoms. The number of hydrogen-bond donors (Lipinski definition) is 0. The number of nitriles is 1. The van der Waals surface area contributed by atoms with Crippen LogP contribution < -0.4 is 0 Å². The maximum absolute atomic E-state index is 10.6. The average molecular weight is 297 g/mol. The summed E-state index contributed by atoms with van der Waals surface area (Å²) in [4.78, 5) is 11.4. The van der Waals surface area contributed by atoms with E-state index in [0.29, 0.717) is 10.5 Å². The van der Waals surface area contributed by atoms with Gasteiger partial charge in [-0.15, -0.1) is 11.3 Å². The maximum atomic E-state index is 10.6. The van der Waals surface area contributed by atoms with Gasteiger partial charge in [-0.2, -0.15) is 5.26 Å². The molecular formula is C11H5ClN2O2S2. The summed E-state index contributed by atoms with van der Waals surface area (Å²) in [5.41, 5.74) is 0.336. The van der Waals surface area contributed by atoms with Crippen molar-refractivity contribution < 1.29 is 4.92 Å². The molecule has 0 atom stereocenters. The van der Waals surface area contributed by atoms with Gasteiger partial charge in [-0.3, -0.25) is 10.1 Å². The van der Waals surface area contributed by atoms with E-state index < -0.39 is 4.92 Å². The van der Waals surface area contributed by atoms with E-state index in [1.54, 1.807) is 12.1 Å². The summed E-state index contributed by atoms with van der Waals surface area (Å²) in [5, 5.41) is 21.8. The van der Waals surface area contributed by atoms with Crippen LogP contribution in [-0.2, 0) is 0 Å². The zero-order chi connectivity index (χ0) is 13.1. The number of nitrogens with zero attached hydrogens (tertiary/aromatic N) is 2. The minimum Gasteiger partial charge on any atom is -0.258 e. The normalized spacial score (nSPS) is 11.8. The summed E-state index contributed by atoms with van der Waals surface area (Å²) in [6.07, 6.45) is 0. The van der Waals surface area contributed by atoms with Crippen LogP contribution in [0.15, 0.2) is 29.6 Å². The van der Waals surface area contributed by atoms with E-state index in [1.807, 2.05) is 17.5 Å². The molecule has 7 heteroatoms. The molecule has 2 heterocycles. The Hall–Kier alpha value is -1.68. The zero-order valence-electron chi connectivity index (χ0n) is 8.79. The third-order valence-electron chi connectivity index (χ3n) is 2.09. The average Bonchev–Trinajstić information content (AvgIpc) is 3.01. The number of rotatable bonds is 3. The molecule has 2 aromatic heterocycles. The molecule has 0 aliphatic carbocycles. The lowest BCUT2D eigenvalue weighted by Gasteiger charge is -1.97. The molecule has 18 heavy (non-hydrogen) atoms. The van der Waals surface area contributed by atoms with Crippen molar-refractivity contribution in [3.8, 4) is 6.07 Å². The molecule has 0 N–H and O–H groups in total. The topological polar surface area (TPSA) is 66.9 Å². The Morgan fingerprint density at radius 1 is 1.39 bits per heavy atom. The smallest absolute Gasteiger partial charge is 0.258 e. The minimum absolute atomic E-state index is 0.00613. The second-order valence-electron chi connectivity index (χ2n) is 3.17. The highest BCUT2D eigenvalue weighted by molar-refractivity contribution is 7.17. The number of allylic oxidation sites excluding steroid dienone is 1. The molecule has 0 aliphatic heterocycles. The van der Waals surface area contributed by atoms with Crippen LogP contribution in [0.2, 0.25) is 0 Å². The maximum Gasteiger partial charge on any atom is 0.324 e. The van der Waals surface area contributed by atoms with E-state index in [4.69, 9.17) is 16.9 Å². The van der Waals surface area contributed by atoms with Gasteiger partial charge in [0.2, 0.25) is 0 Å². The van der Waals surface area contributed by atoms with Gasteiger partial charge in [0.05, 0.1) is 20.4 Å². The van der Waals surface area contributed by atoms with Crippen molar-refractivity contribution in [1.29, 1.82) is 5.26 Å². The second kappa shape index (κ2) is 5.31. The molecule has 0 aromatic carbocycles. The van der Waals surface area contributed by atoms with Crippen LogP contribution in [-0.4, -0.2) is 4.92 Å². The third-order valence-corrected chi connectivity index (χ3v) is 4.53. The van der Waals surface area contributed by atoms with Crippen molar-refractivity contribution in [2.75, 3.05) is 0 Å². The summed E-state index contributed by atoms with van der Waals surface area (Å²) < 4.78 is 0. The van der Waals surface area contributed by atoms with E-state index in [1.165, 1.54) is 17.4 Å². The molecule has 0 aliphatic rings. The molecule has 0 radical (unpaired) electrons. The Kier molecular flexibility index (Phi) is 3.77. The number of thiophene rings is 2. The Labute approximate surface area is 116 Å². The predicted molar refractivity (Wildman–Crippen MR) is 73.6 cm³/mol. The first kappa shape index (κ1) is 12.8. The number of nitro groups is 1. The molecule has 0 amide bonds. The molecule has 0 saturated heterocycles. The monoisotopic (exact) mass is 296 g/mol. The Balaban J connectivity index is 2.48. The highest BCUT2D eigenvalue weighted by Crippen LogP contribution is 2.37. The first-order chi connectivity index (χ1) is 8.63. The van der Waals surface area contributed by atoms with E-state index in [9.17, 15) is 10.1 Å². The van der Waals surface area contributed by atoms with Gasteiger partial charge < -0.3 is 0 Å². The SMILES string of the molecule is N#C/C(=C(\Cl)c1ccc([N+](=O)[O-])s1)c1cccs1. The van der Waals surface area contributed by atoms with Crippen molar-refractivity contribution in [1.82, 2.24) is 0 Å². The standard InChI is InChI=1S/C11H5ClN2O2S2/c12-11(7(6-13)8-2-1-5-17-8)9-3-4-10(18-9)14(15)16/h1-5H/b11-7+. The summed E-state index contributed by atoms with van der Waals surface area (Å²) >= 11 is 8.49. The van der Waals surface area contributed by atoms with Crippen molar-refractivity contribution in [3.05, 3.63) is 49.5 Å². The van der Waals surface area contributed by atoms with Crippen molar-refractivity contribution in [2.45, 2.75) is 0 Å². The van der Waals surface area contributed by atoms with E-state index in [0.717, 1.165) is 16.2 Å². The van der Waals surface area contributed by atoms with Crippen LogP contribution >= 0.6 is 34.3 Å². The van der Waals surface area contributed by atoms with Crippen LogP contribution in [0.5, 0.6) is 0 Å². The van der Waals surface area contributed by atoms with Crippen LogP contribution in [0.1, 0.15) is 9.75 Å². The van der Waals surface area contributed by atoms with Gasteiger partial charge in [-0.25, -0.2) is 0 Å². The molecule has 0 saturated carbocycles. The van der Waals surface area contributed by atoms with Crippen LogP contribution in [0.25, 0.3) is 10.6 Å². The first-order valence-corrected chi connectivity index (χ1v) is 6.79.